The molecule has 1 heterocycles. The predicted octanol–water partition coefficient (Wildman–Crippen LogP) is 1.38. The lowest BCUT2D eigenvalue weighted by Crippen LogP contribution is -2.37. The Kier molecular flexibility index (Phi) is 5.36. The summed E-state index contributed by atoms with van der Waals surface area (Å²) in [5.74, 6) is 0.0302. The van der Waals surface area contributed by atoms with Crippen molar-refractivity contribution in [3.05, 3.63) is 35.4 Å². The third kappa shape index (κ3) is 5.01. The predicted molar refractivity (Wildman–Crippen MR) is 74.9 cm³/mol. The van der Waals surface area contributed by atoms with Crippen LogP contribution in [0.5, 0.6) is 0 Å². The third-order valence-electron chi connectivity index (χ3n) is 3.29. The first kappa shape index (κ1) is 14.0. The number of ether oxygens (including phenoxy) is 1. The number of hydrogen-bond acceptors (Lipinski definition) is 3. The molecule has 0 radical (unpaired) electrons. The minimum Gasteiger partial charge on any atom is -0.376 e. The van der Waals surface area contributed by atoms with E-state index in [-0.39, 0.29) is 12.0 Å². The zero-order valence-corrected chi connectivity index (χ0v) is 11.4. The van der Waals surface area contributed by atoms with E-state index in [2.05, 4.69) is 41.8 Å². The highest BCUT2D eigenvalue weighted by Gasteiger charge is 2.15. The van der Waals surface area contributed by atoms with Gasteiger partial charge in [-0.25, -0.2) is 0 Å². The number of carbonyl (C=O) groups excluding carboxylic acids is 1. The van der Waals surface area contributed by atoms with Gasteiger partial charge < -0.3 is 15.4 Å². The topological polar surface area (TPSA) is 50.4 Å². The van der Waals surface area contributed by atoms with Gasteiger partial charge in [0.2, 0.25) is 5.91 Å². The van der Waals surface area contributed by atoms with Crippen LogP contribution in [0.1, 0.15) is 24.0 Å². The first-order chi connectivity index (χ1) is 9.24. The SMILES string of the molecule is Cc1ccc(CNCC(=O)NCC2CCCO2)cc1. The van der Waals surface area contributed by atoms with E-state index in [1.165, 1.54) is 11.1 Å². The molecule has 1 fully saturated rings. The number of rotatable bonds is 6. The largest absolute Gasteiger partial charge is 0.376 e. The van der Waals surface area contributed by atoms with Crippen LogP contribution in [0.2, 0.25) is 0 Å². The van der Waals surface area contributed by atoms with Crippen molar-refractivity contribution in [3.8, 4) is 0 Å². The van der Waals surface area contributed by atoms with Gasteiger partial charge in [0.05, 0.1) is 12.6 Å². The van der Waals surface area contributed by atoms with Crippen molar-refractivity contribution < 1.29 is 9.53 Å². The van der Waals surface area contributed by atoms with Gasteiger partial charge in [-0.3, -0.25) is 4.79 Å². The summed E-state index contributed by atoms with van der Waals surface area (Å²) in [6, 6.07) is 8.31. The highest BCUT2D eigenvalue weighted by atomic mass is 16.5. The average Bonchev–Trinajstić information content (AvgIpc) is 2.92. The van der Waals surface area contributed by atoms with Crippen molar-refractivity contribution in [2.45, 2.75) is 32.4 Å². The molecule has 19 heavy (non-hydrogen) atoms. The van der Waals surface area contributed by atoms with Gasteiger partial charge in [-0.1, -0.05) is 29.8 Å². The molecule has 2 rings (SSSR count). The van der Waals surface area contributed by atoms with Gasteiger partial charge in [-0.05, 0) is 25.3 Å². The lowest BCUT2D eigenvalue weighted by Gasteiger charge is -2.11. The quantitative estimate of drug-likeness (QED) is 0.814. The fourth-order valence-electron chi connectivity index (χ4n) is 2.12. The number of benzene rings is 1. The Bertz CT molecular complexity index is 397. The Hall–Kier alpha value is -1.39. The fraction of sp³-hybridized carbons (Fsp3) is 0.533. The summed E-state index contributed by atoms with van der Waals surface area (Å²) in [6.07, 6.45) is 2.37. The molecule has 0 bridgehead atoms. The second-order valence-corrected chi connectivity index (χ2v) is 5.03. The maximum absolute atomic E-state index is 11.6. The lowest BCUT2D eigenvalue weighted by molar-refractivity contribution is -0.120. The van der Waals surface area contributed by atoms with Crippen LogP contribution in [0.25, 0.3) is 0 Å². The summed E-state index contributed by atoms with van der Waals surface area (Å²) in [7, 11) is 0. The number of aryl methyl sites for hydroxylation is 1. The van der Waals surface area contributed by atoms with E-state index in [0.29, 0.717) is 19.6 Å². The minimum absolute atomic E-state index is 0.0302. The number of nitrogens with one attached hydrogen (secondary N) is 2. The second-order valence-electron chi connectivity index (χ2n) is 5.03. The highest BCUT2D eigenvalue weighted by molar-refractivity contribution is 5.77. The van der Waals surface area contributed by atoms with Gasteiger partial charge in [0.25, 0.3) is 0 Å². The molecule has 1 aliphatic heterocycles. The van der Waals surface area contributed by atoms with E-state index in [1.54, 1.807) is 0 Å². The molecule has 1 atom stereocenters. The van der Waals surface area contributed by atoms with Gasteiger partial charge in [-0.2, -0.15) is 0 Å². The van der Waals surface area contributed by atoms with Gasteiger partial charge in [0.15, 0.2) is 0 Å². The number of amides is 1. The Morgan fingerprint density at radius 1 is 1.37 bits per heavy atom. The van der Waals surface area contributed by atoms with Gasteiger partial charge in [-0.15, -0.1) is 0 Å². The normalized spacial score (nSPS) is 18.5. The van der Waals surface area contributed by atoms with Crippen LogP contribution in [0.4, 0.5) is 0 Å². The molecular formula is C15H22N2O2. The molecule has 2 N–H and O–H groups in total. The van der Waals surface area contributed by atoms with E-state index in [1.807, 2.05) is 0 Å². The maximum atomic E-state index is 11.6. The molecule has 1 aliphatic rings. The van der Waals surface area contributed by atoms with Crippen LogP contribution in [0.15, 0.2) is 24.3 Å². The molecule has 1 unspecified atom stereocenters. The van der Waals surface area contributed by atoms with Crippen LogP contribution in [0.3, 0.4) is 0 Å². The van der Waals surface area contributed by atoms with Crippen LogP contribution >= 0.6 is 0 Å². The van der Waals surface area contributed by atoms with Crippen LogP contribution in [-0.4, -0.2) is 31.7 Å². The summed E-state index contributed by atoms with van der Waals surface area (Å²) < 4.78 is 5.45. The van der Waals surface area contributed by atoms with Crippen LogP contribution in [0, 0.1) is 6.92 Å². The van der Waals surface area contributed by atoms with Gasteiger partial charge in [0.1, 0.15) is 0 Å². The van der Waals surface area contributed by atoms with E-state index in [4.69, 9.17) is 4.74 Å². The highest BCUT2D eigenvalue weighted by Crippen LogP contribution is 2.10. The minimum atomic E-state index is 0.0302. The van der Waals surface area contributed by atoms with Crippen LogP contribution in [-0.2, 0) is 16.1 Å². The molecule has 1 aromatic carbocycles. The Morgan fingerprint density at radius 3 is 2.84 bits per heavy atom. The average molecular weight is 262 g/mol. The van der Waals surface area contributed by atoms with E-state index in [0.717, 1.165) is 19.4 Å². The Labute approximate surface area is 114 Å². The van der Waals surface area contributed by atoms with Crippen molar-refractivity contribution in [1.82, 2.24) is 10.6 Å². The molecule has 4 nitrogen and oxygen atoms in total. The molecule has 1 amide bonds. The zero-order valence-electron chi connectivity index (χ0n) is 11.4. The molecule has 4 heteroatoms. The van der Waals surface area contributed by atoms with Gasteiger partial charge in [0, 0.05) is 19.7 Å². The monoisotopic (exact) mass is 262 g/mol. The van der Waals surface area contributed by atoms with Crippen molar-refractivity contribution in [1.29, 1.82) is 0 Å². The summed E-state index contributed by atoms with van der Waals surface area (Å²) in [5, 5.41) is 6.04. The molecule has 0 spiro atoms. The van der Waals surface area contributed by atoms with Crippen molar-refractivity contribution in [2.24, 2.45) is 0 Å². The molecule has 1 saturated heterocycles. The van der Waals surface area contributed by atoms with Crippen molar-refractivity contribution >= 4 is 5.91 Å². The first-order valence-electron chi connectivity index (χ1n) is 6.88. The van der Waals surface area contributed by atoms with Crippen molar-refractivity contribution in [3.63, 3.8) is 0 Å². The molecule has 0 saturated carbocycles. The Balaban J connectivity index is 1.59. The standard InChI is InChI=1S/C15H22N2O2/c1-12-4-6-13(7-5-12)9-16-11-15(18)17-10-14-3-2-8-19-14/h4-7,14,16H,2-3,8-11H2,1H3,(H,17,18). The molecular weight excluding hydrogens is 240 g/mol. The van der Waals surface area contributed by atoms with E-state index >= 15 is 0 Å². The maximum Gasteiger partial charge on any atom is 0.234 e. The fourth-order valence-corrected chi connectivity index (χ4v) is 2.12. The third-order valence-corrected chi connectivity index (χ3v) is 3.29. The summed E-state index contributed by atoms with van der Waals surface area (Å²) in [4.78, 5) is 11.6. The molecule has 104 valence electrons. The lowest BCUT2D eigenvalue weighted by atomic mass is 10.1. The van der Waals surface area contributed by atoms with Crippen molar-refractivity contribution in [2.75, 3.05) is 19.7 Å². The van der Waals surface area contributed by atoms with E-state index in [9.17, 15) is 4.79 Å². The Morgan fingerprint density at radius 2 is 2.16 bits per heavy atom. The smallest absolute Gasteiger partial charge is 0.234 e. The molecule has 0 aliphatic carbocycles. The summed E-state index contributed by atoms with van der Waals surface area (Å²) in [5.41, 5.74) is 2.44. The number of hydrogen-bond donors (Lipinski definition) is 2. The second kappa shape index (κ2) is 7.26. The van der Waals surface area contributed by atoms with Gasteiger partial charge >= 0.3 is 0 Å². The first-order valence-corrected chi connectivity index (χ1v) is 6.88. The molecule has 0 aromatic heterocycles. The summed E-state index contributed by atoms with van der Waals surface area (Å²) >= 11 is 0. The van der Waals surface area contributed by atoms with E-state index < -0.39 is 0 Å². The molecule has 1 aromatic rings. The number of carbonyl (C=O) groups is 1. The summed E-state index contributed by atoms with van der Waals surface area (Å²) in [6.45, 7) is 4.58. The van der Waals surface area contributed by atoms with Crippen LogP contribution < -0.4 is 10.6 Å². The zero-order chi connectivity index (χ0) is 13.5.